The molecule has 1 rings (SSSR count). The third-order valence-corrected chi connectivity index (χ3v) is 3.18. The van der Waals surface area contributed by atoms with Gasteiger partial charge in [0.15, 0.2) is 0 Å². The highest BCUT2D eigenvalue weighted by Gasteiger charge is 2.19. The van der Waals surface area contributed by atoms with Gasteiger partial charge in [-0.05, 0) is 42.5 Å². The van der Waals surface area contributed by atoms with Gasteiger partial charge < -0.3 is 5.32 Å². The Balaban J connectivity index is 2.76. The van der Waals surface area contributed by atoms with Gasteiger partial charge in [-0.25, -0.2) is 4.39 Å². The van der Waals surface area contributed by atoms with E-state index in [1.165, 1.54) is 12.1 Å². The summed E-state index contributed by atoms with van der Waals surface area (Å²) in [4.78, 5) is 0. The van der Waals surface area contributed by atoms with Gasteiger partial charge in [0.1, 0.15) is 5.82 Å². The fraction of sp³-hybridized carbons (Fsp3) is 0.600. The first-order valence-electron chi connectivity index (χ1n) is 6.49. The highest BCUT2D eigenvalue weighted by atomic mass is 35.5. The summed E-state index contributed by atoms with van der Waals surface area (Å²) in [5, 5.41) is 4.00. The SMILES string of the molecule is CCNC(Cc1ccc(F)cc1Cl)CC(C)(C)C. The predicted octanol–water partition coefficient (Wildman–Crippen LogP) is 4.44. The van der Waals surface area contributed by atoms with Gasteiger partial charge in [-0.1, -0.05) is 45.4 Å². The van der Waals surface area contributed by atoms with Crippen LogP contribution in [0.1, 0.15) is 39.7 Å². The smallest absolute Gasteiger partial charge is 0.124 e. The molecule has 1 N–H and O–H groups in total. The second kappa shape index (κ2) is 6.53. The van der Waals surface area contributed by atoms with Crippen molar-refractivity contribution < 1.29 is 4.39 Å². The Morgan fingerprint density at radius 2 is 2.00 bits per heavy atom. The minimum absolute atomic E-state index is 0.263. The zero-order valence-corrected chi connectivity index (χ0v) is 12.4. The first-order chi connectivity index (χ1) is 8.31. The van der Waals surface area contributed by atoms with Crippen molar-refractivity contribution in [3.63, 3.8) is 0 Å². The molecule has 0 spiro atoms. The van der Waals surface area contributed by atoms with Crippen LogP contribution in [0, 0.1) is 11.2 Å². The van der Waals surface area contributed by atoms with Crippen molar-refractivity contribution in [3.05, 3.63) is 34.6 Å². The van der Waals surface area contributed by atoms with Gasteiger partial charge in [0.05, 0.1) is 0 Å². The summed E-state index contributed by atoms with van der Waals surface area (Å²) in [6.45, 7) is 9.71. The number of nitrogens with one attached hydrogen (secondary N) is 1. The Labute approximate surface area is 115 Å². The van der Waals surface area contributed by atoms with Crippen molar-refractivity contribution in [2.24, 2.45) is 5.41 Å². The quantitative estimate of drug-likeness (QED) is 0.835. The van der Waals surface area contributed by atoms with Crippen molar-refractivity contribution in [3.8, 4) is 0 Å². The van der Waals surface area contributed by atoms with Crippen LogP contribution >= 0.6 is 11.6 Å². The van der Waals surface area contributed by atoms with Crippen LogP contribution in [-0.4, -0.2) is 12.6 Å². The van der Waals surface area contributed by atoms with E-state index < -0.39 is 0 Å². The summed E-state index contributed by atoms with van der Waals surface area (Å²) >= 11 is 6.08. The summed E-state index contributed by atoms with van der Waals surface area (Å²) in [5.41, 5.74) is 1.27. The molecule has 0 saturated heterocycles. The van der Waals surface area contributed by atoms with E-state index >= 15 is 0 Å². The first kappa shape index (κ1) is 15.5. The number of halogens is 2. The minimum atomic E-state index is -0.278. The Bertz CT molecular complexity index is 385. The summed E-state index contributed by atoms with van der Waals surface area (Å²) in [6, 6.07) is 5.01. The zero-order chi connectivity index (χ0) is 13.8. The second-order valence-corrected chi connectivity index (χ2v) is 6.37. The fourth-order valence-electron chi connectivity index (χ4n) is 2.20. The Morgan fingerprint density at radius 3 is 2.50 bits per heavy atom. The Hall–Kier alpha value is -0.600. The molecule has 18 heavy (non-hydrogen) atoms. The maximum Gasteiger partial charge on any atom is 0.124 e. The van der Waals surface area contributed by atoms with Crippen LogP contribution in [0.4, 0.5) is 4.39 Å². The van der Waals surface area contributed by atoms with E-state index in [2.05, 4.69) is 33.0 Å². The summed E-state index contributed by atoms with van der Waals surface area (Å²) < 4.78 is 13.0. The van der Waals surface area contributed by atoms with Crippen LogP contribution in [-0.2, 0) is 6.42 Å². The lowest BCUT2D eigenvalue weighted by Gasteiger charge is -2.27. The fourth-order valence-corrected chi connectivity index (χ4v) is 2.44. The lowest BCUT2D eigenvalue weighted by atomic mass is 9.86. The molecule has 3 heteroatoms. The van der Waals surface area contributed by atoms with Crippen LogP contribution in [0.5, 0.6) is 0 Å². The first-order valence-corrected chi connectivity index (χ1v) is 6.87. The molecule has 0 aliphatic carbocycles. The van der Waals surface area contributed by atoms with E-state index in [0.717, 1.165) is 24.9 Å². The number of benzene rings is 1. The van der Waals surface area contributed by atoms with Crippen LogP contribution in [0.3, 0.4) is 0 Å². The molecule has 0 bridgehead atoms. The van der Waals surface area contributed by atoms with Crippen LogP contribution in [0.25, 0.3) is 0 Å². The molecule has 0 amide bonds. The van der Waals surface area contributed by atoms with E-state index in [9.17, 15) is 4.39 Å². The highest BCUT2D eigenvalue weighted by Crippen LogP contribution is 2.25. The van der Waals surface area contributed by atoms with Crippen molar-refractivity contribution in [2.75, 3.05) is 6.54 Å². The van der Waals surface area contributed by atoms with E-state index in [1.807, 2.05) is 0 Å². The maximum absolute atomic E-state index is 13.0. The molecule has 0 saturated carbocycles. The van der Waals surface area contributed by atoms with E-state index in [0.29, 0.717) is 11.1 Å². The van der Waals surface area contributed by atoms with Crippen LogP contribution in [0.2, 0.25) is 5.02 Å². The average Bonchev–Trinajstić information content (AvgIpc) is 2.20. The van der Waals surface area contributed by atoms with Crippen molar-refractivity contribution in [1.29, 1.82) is 0 Å². The average molecular weight is 272 g/mol. The molecule has 1 aromatic rings. The molecule has 0 aromatic heterocycles. The van der Waals surface area contributed by atoms with Gasteiger partial charge in [0.2, 0.25) is 0 Å². The molecule has 1 nitrogen and oxygen atoms in total. The third kappa shape index (κ3) is 5.36. The molecule has 0 heterocycles. The molecule has 1 unspecified atom stereocenters. The molecule has 0 aliphatic heterocycles. The lowest BCUT2D eigenvalue weighted by Crippen LogP contribution is -2.34. The monoisotopic (exact) mass is 271 g/mol. The molecule has 102 valence electrons. The highest BCUT2D eigenvalue weighted by molar-refractivity contribution is 6.31. The normalized spacial score (nSPS) is 13.7. The number of rotatable bonds is 5. The zero-order valence-electron chi connectivity index (χ0n) is 11.7. The van der Waals surface area contributed by atoms with E-state index in [1.54, 1.807) is 6.07 Å². The van der Waals surface area contributed by atoms with Crippen molar-refractivity contribution in [2.45, 2.75) is 46.6 Å². The summed E-state index contributed by atoms with van der Waals surface area (Å²) in [6.07, 6.45) is 1.90. The number of likely N-dealkylation sites (N-methyl/N-ethyl adjacent to an activating group) is 1. The second-order valence-electron chi connectivity index (χ2n) is 5.96. The lowest BCUT2D eigenvalue weighted by molar-refractivity contribution is 0.309. The molecular weight excluding hydrogens is 249 g/mol. The van der Waals surface area contributed by atoms with Gasteiger partial charge in [0, 0.05) is 11.1 Å². The van der Waals surface area contributed by atoms with Crippen LogP contribution in [0.15, 0.2) is 18.2 Å². The number of hydrogen-bond donors (Lipinski definition) is 1. The van der Waals surface area contributed by atoms with Gasteiger partial charge in [-0.15, -0.1) is 0 Å². The summed E-state index contributed by atoms with van der Waals surface area (Å²) in [5.74, 6) is -0.278. The predicted molar refractivity (Wildman–Crippen MR) is 76.7 cm³/mol. The molecule has 0 aliphatic rings. The number of hydrogen-bond acceptors (Lipinski definition) is 1. The Morgan fingerprint density at radius 1 is 1.33 bits per heavy atom. The van der Waals surface area contributed by atoms with Crippen molar-refractivity contribution >= 4 is 11.6 Å². The topological polar surface area (TPSA) is 12.0 Å². The van der Waals surface area contributed by atoms with Crippen LogP contribution < -0.4 is 5.32 Å². The van der Waals surface area contributed by atoms with Gasteiger partial charge in [-0.2, -0.15) is 0 Å². The standard InChI is InChI=1S/C15H23ClFN/c1-5-18-13(10-15(2,3)4)8-11-6-7-12(17)9-14(11)16/h6-7,9,13,18H,5,8,10H2,1-4H3. The molecule has 1 atom stereocenters. The van der Waals surface area contributed by atoms with Gasteiger partial charge in [-0.3, -0.25) is 0 Å². The Kier molecular flexibility index (Phi) is 5.61. The van der Waals surface area contributed by atoms with Gasteiger partial charge in [0.25, 0.3) is 0 Å². The summed E-state index contributed by atoms with van der Waals surface area (Å²) in [7, 11) is 0. The molecule has 0 radical (unpaired) electrons. The van der Waals surface area contributed by atoms with E-state index in [-0.39, 0.29) is 11.2 Å². The van der Waals surface area contributed by atoms with Gasteiger partial charge >= 0.3 is 0 Å². The molecular formula is C15H23ClFN. The molecule has 1 aromatic carbocycles. The maximum atomic E-state index is 13.0. The minimum Gasteiger partial charge on any atom is -0.314 e. The molecule has 0 fully saturated rings. The largest absolute Gasteiger partial charge is 0.314 e. The van der Waals surface area contributed by atoms with Crippen molar-refractivity contribution in [1.82, 2.24) is 5.32 Å². The third-order valence-electron chi connectivity index (χ3n) is 2.83. The van der Waals surface area contributed by atoms with E-state index in [4.69, 9.17) is 11.6 Å².